The minimum Gasteiger partial charge on any atom is -0.454 e. The highest BCUT2D eigenvalue weighted by atomic mass is 16.7. The second kappa shape index (κ2) is 4.61. The van der Waals surface area contributed by atoms with E-state index in [0.29, 0.717) is 19.3 Å². The first-order valence-electron chi connectivity index (χ1n) is 5.51. The lowest BCUT2D eigenvalue weighted by Crippen LogP contribution is -2.28. The molecule has 1 aromatic carbocycles. The second-order valence-electron chi connectivity index (χ2n) is 4.26. The Morgan fingerprint density at radius 2 is 2.12 bits per heavy atom. The van der Waals surface area contributed by atoms with E-state index in [0.717, 1.165) is 23.7 Å². The third-order valence-corrected chi connectivity index (χ3v) is 2.78. The summed E-state index contributed by atoms with van der Waals surface area (Å²) in [5.74, 6) is 2.13. The molecule has 0 fully saturated rings. The van der Waals surface area contributed by atoms with E-state index in [1.165, 1.54) is 0 Å². The number of anilines is 1. The monoisotopic (exact) mass is 222 g/mol. The standard InChI is InChI=1S/C12H18N2O2/c1-9(6-13)7-14(2)10-3-4-11-12(5-10)16-8-15-11/h3-5,9H,6-8,13H2,1-2H3. The van der Waals surface area contributed by atoms with Gasteiger partial charge >= 0.3 is 0 Å². The van der Waals surface area contributed by atoms with Crippen LogP contribution in [0.5, 0.6) is 11.5 Å². The van der Waals surface area contributed by atoms with Crippen LogP contribution >= 0.6 is 0 Å². The van der Waals surface area contributed by atoms with Gasteiger partial charge in [-0.1, -0.05) is 6.92 Å². The van der Waals surface area contributed by atoms with Crippen LogP contribution < -0.4 is 20.1 Å². The molecule has 1 aliphatic rings. The van der Waals surface area contributed by atoms with Crippen LogP contribution in [0, 0.1) is 5.92 Å². The Bertz CT molecular complexity index is 368. The summed E-state index contributed by atoms with van der Waals surface area (Å²) in [6.07, 6.45) is 0. The van der Waals surface area contributed by atoms with Gasteiger partial charge in [0.25, 0.3) is 0 Å². The van der Waals surface area contributed by atoms with Gasteiger partial charge in [0.15, 0.2) is 11.5 Å². The smallest absolute Gasteiger partial charge is 0.231 e. The summed E-state index contributed by atoms with van der Waals surface area (Å²) in [5, 5.41) is 0. The number of benzene rings is 1. The Labute approximate surface area is 95.9 Å². The summed E-state index contributed by atoms with van der Waals surface area (Å²) in [7, 11) is 2.06. The van der Waals surface area contributed by atoms with Crippen molar-refractivity contribution in [2.75, 3.05) is 31.8 Å². The van der Waals surface area contributed by atoms with Gasteiger partial charge in [0.05, 0.1) is 0 Å². The molecule has 1 atom stereocenters. The van der Waals surface area contributed by atoms with Crippen LogP contribution in [0.25, 0.3) is 0 Å². The molecular weight excluding hydrogens is 204 g/mol. The molecule has 0 amide bonds. The maximum Gasteiger partial charge on any atom is 0.231 e. The van der Waals surface area contributed by atoms with Crippen LogP contribution in [0.4, 0.5) is 5.69 Å². The van der Waals surface area contributed by atoms with Crippen molar-refractivity contribution in [2.45, 2.75) is 6.92 Å². The first-order valence-corrected chi connectivity index (χ1v) is 5.51. The van der Waals surface area contributed by atoms with Gasteiger partial charge in [0.1, 0.15) is 0 Å². The van der Waals surface area contributed by atoms with Crippen LogP contribution in [0.15, 0.2) is 18.2 Å². The predicted molar refractivity (Wildman–Crippen MR) is 64.1 cm³/mol. The SMILES string of the molecule is CC(CN)CN(C)c1ccc2c(c1)OCO2. The predicted octanol–water partition coefficient (Wildman–Crippen LogP) is 1.45. The molecule has 0 aliphatic carbocycles. The van der Waals surface area contributed by atoms with Crippen LogP contribution in [-0.4, -0.2) is 26.9 Å². The highest BCUT2D eigenvalue weighted by Gasteiger charge is 2.15. The topological polar surface area (TPSA) is 47.7 Å². The molecule has 0 radical (unpaired) electrons. The summed E-state index contributed by atoms with van der Waals surface area (Å²) in [4.78, 5) is 2.18. The largest absolute Gasteiger partial charge is 0.454 e. The summed E-state index contributed by atoms with van der Waals surface area (Å²) in [6.45, 7) is 4.11. The van der Waals surface area contributed by atoms with Gasteiger partial charge in [-0.05, 0) is 24.6 Å². The zero-order chi connectivity index (χ0) is 11.5. The molecule has 0 bridgehead atoms. The lowest BCUT2D eigenvalue weighted by atomic mass is 10.1. The zero-order valence-corrected chi connectivity index (χ0v) is 9.77. The molecule has 88 valence electrons. The van der Waals surface area contributed by atoms with Gasteiger partial charge in [0.2, 0.25) is 6.79 Å². The summed E-state index contributed by atoms with van der Waals surface area (Å²) in [6, 6.07) is 5.99. The Balaban J connectivity index is 2.09. The van der Waals surface area contributed by atoms with E-state index >= 15 is 0 Å². The van der Waals surface area contributed by atoms with Gasteiger partial charge in [-0.15, -0.1) is 0 Å². The lowest BCUT2D eigenvalue weighted by Gasteiger charge is -2.22. The van der Waals surface area contributed by atoms with Crippen molar-refractivity contribution in [3.8, 4) is 11.5 Å². The number of nitrogens with two attached hydrogens (primary N) is 1. The molecule has 16 heavy (non-hydrogen) atoms. The second-order valence-corrected chi connectivity index (χ2v) is 4.26. The number of ether oxygens (including phenoxy) is 2. The van der Waals surface area contributed by atoms with Crippen molar-refractivity contribution >= 4 is 5.69 Å². The number of hydrogen-bond acceptors (Lipinski definition) is 4. The van der Waals surface area contributed by atoms with Gasteiger partial charge < -0.3 is 20.1 Å². The lowest BCUT2D eigenvalue weighted by molar-refractivity contribution is 0.174. The van der Waals surface area contributed by atoms with Crippen molar-refractivity contribution in [2.24, 2.45) is 11.7 Å². The molecular formula is C12H18N2O2. The van der Waals surface area contributed by atoms with Gasteiger partial charge in [0, 0.05) is 25.3 Å². The third-order valence-electron chi connectivity index (χ3n) is 2.78. The number of rotatable bonds is 4. The fourth-order valence-corrected chi connectivity index (χ4v) is 1.77. The molecule has 0 saturated carbocycles. The van der Waals surface area contributed by atoms with Crippen molar-refractivity contribution in [3.05, 3.63) is 18.2 Å². The Hall–Kier alpha value is -1.42. The first-order chi connectivity index (χ1) is 7.70. The molecule has 1 heterocycles. The summed E-state index contributed by atoms with van der Waals surface area (Å²) >= 11 is 0. The van der Waals surface area contributed by atoms with Crippen molar-refractivity contribution in [1.29, 1.82) is 0 Å². The minimum absolute atomic E-state index is 0.321. The zero-order valence-electron chi connectivity index (χ0n) is 9.77. The molecule has 1 aliphatic heterocycles. The average molecular weight is 222 g/mol. The number of nitrogens with zero attached hydrogens (tertiary/aromatic N) is 1. The molecule has 1 unspecified atom stereocenters. The molecule has 0 spiro atoms. The van der Waals surface area contributed by atoms with E-state index in [1.807, 2.05) is 18.2 Å². The van der Waals surface area contributed by atoms with Crippen molar-refractivity contribution < 1.29 is 9.47 Å². The van der Waals surface area contributed by atoms with Gasteiger partial charge in [-0.3, -0.25) is 0 Å². The fourth-order valence-electron chi connectivity index (χ4n) is 1.77. The first kappa shape index (κ1) is 11.1. The highest BCUT2D eigenvalue weighted by molar-refractivity contribution is 5.56. The van der Waals surface area contributed by atoms with Crippen LogP contribution in [-0.2, 0) is 0 Å². The Morgan fingerprint density at radius 1 is 1.38 bits per heavy atom. The van der Waals surface area contributed by atoms with Gasteiger partial charge in [-0.25, -0.2) is 0 Å². The fraction of sp³-hybridized carbons (Fsp3) is 0.500. The molecule has 0 aromatic heterocycles. The van der Waals surface area contributed by atoms with E-state index in [2.05, 4.69) is 18.9 Å². The van der Waals surface area contributed by atoms with E-state index < -0.39 is 0 Å². The van der Waals surface area contributed by atoms with E-state index in [1.54, 1.807) is 0 Å². The highest BCUT2D eigenvalue weighted by Crippen LogP contribution is 2.35. The maximum absolute atomic E-state index is 5.62. The Morgan fingerprint density at radius 3 is 2.88 bits per heavy atom. The quantitative estimate of drug-likeness (QED) is 0.837. The van der Waals surface area contributed by atoms with Crippen LogP contribution in [0.3, 0.4) is 0 Å². The molecule has 4 heteroatoms. The normalized spacial score (nSPS) is 14.9. The number of fused-ring (bicyclic) bond motifs is 1. The van der Waals surface area contributed by atoms with E-state index in [-0.39, 0.29) is 0 Å². The summed E-state index contributed by atoms with van der Waals surface area (Å²) < 4.78 is 10.6. The third kappa shape index (κ3) is 2.22. The molecule has 0 saturated heterocycles. The minimum atomic E-state index is 0.321. The van der Waals surface area contributed by atoms with E-state index in [4.69, 9.17) is 15.2 Å². The molecule has 2 rings (SSSR count). The number of hydrogen-bond donors (Lipinski definition) is 1. The maximum atomic E-state index is 5.62. The Kier molecular flexibility index (Phi) is 3.19. The average Bonchev–Trinajstić information content (AvgIpc) is 2.75. The van der Waals surface area contributed by atoms with Crippen LogP contribution in [0.1, 0.15) is 6.92 Å². The molecule has 4 nitrogen and oxygen atoms in total. The summed E-state index contributed by atoms with van der Waals surface area (Å²) in [5.41, 5.74) is 6.75. The van der Waals surface area contributed by atoms with E-state index in [9.17, 15) is 0 Å². The van der Waals surface area contributed by atoms with Gasteiger partial charge in [-0.2, -0.15) is 0 Å². The van der Waals surface area contributed by atoms with Crippen molar-refractivity contribution in [3.63, 3.8) is 0 Å². The van der Waals surface area contributed by atoms with Crippen LogP contribution in [0.2, 0.25) is 0 Å². The van der Waals surface area contributed by atoms with Crippen molar-refractivity contribution in [1.82, 2.24) is 0 Å². The molecule has 1 aromatic rings. The molecule has 2 N–H and O–H groups in total.